The van der Waals surface area contributed by atoms with E-state index >= 15 is 0 Å². The monoisotopic (exact) mass is 164 g/mol. The molecule has 0 amide bonds. The van der Waals surface area contributed by atoms with Crippen molar-refractivity contribution in [1.29, 1.82) is 0 Å². The number of rotatable bonds is 3. The molecule has 0 aliphatic carbocycles. The van der Waals surface area contributed by atoms with Crippen LogP contribution in [0.5, 0.6) is 0 Å². The van der Waals surface area contributed by atoms with Gasteiger partial charge in [0.15, 0.2) is 0 Å². The topological polar surface area (TPSA) is 0 Å². The number of hydrogen-bond donors (Lipinski definition) is 0. The Hall–Kier alpha value is 0.647. The van der Waals surface area contributed by atoms with Crippen LogP contribution in [0.3, 0.4) is 0 Å². The first kappa shape index (κ1) is 8.74. The van der Waals surface area contributed by atoms with Gasteiger partial charge >= 0.3 is 79.8 Å². The maximum absolute atomic E-state index is 2.22. The van der Waals surface area contributed by atoms with Crippen LogP contribution in [0.4, 0.5) is 0 Å². The van der Waals surface area contributed by atoms with E-state index in [-0.39, 0.29) is 0 Å². The molecule has 1 rings (SSSR count). The van der Waals surface area contributed by atoms with Crippen molar-refractivity contribution in [1.82, 2.24) is 0 Å². The van der Waals surface area contributed by atoms with E-state index < -0.39 is 0 Å². The van der Waals surface area contributed by atoms with Crippen molar-refractivity contribution in [2.75, 3.05) is 5.75 Å². The van der Waals surface area contributed by atoms with Gasteiger partial charge in [0.2, 0.25) is 0 Å². The molecule has 0 N–H and O–H groups in total. The van der Waals surface area contributed by atoms with Gasteiger partial charge in [-0.15, -0.1) is 0 Å². The minimum atomic E-state index is 1.19. The van der Waals surface area contributed by atoms with Crippen LogP contribution in [0.15, 0.2) is 12.1 Å². The van der Waals surface area contributed by atoms with Crippen LogP contribution in [0, 0.1) is 0 Å². The first-order valence-electron chi connectivity index (χ1n) is 3.46. The fraction of sp³-hybridized carbons (Fsp3) is 0.429. The average Bonchev–Trinajstić information content (AvgIpc) is 2.31. The second-order valence-electron chi connectivity index (χ2n) is 2.15. The second-order valence-corrected chi connectivity index (χ2v) is 4.80. The van der Waals surface area contributed by atoms with E-state index in [2.05, 4.69) is 36.8 Å². The summed E-state index contributed by atoms with van der Waals surface area (Å²) in [5.74, 6) is 2.41. The van der Waals surface area contributed by atoms with E-state index in [0.717, 1.165) is 0 Å². The molecule has 0 atom stereocenters. The van der Waals surface area contributed by atoms with Crippen molar-refractivity contribution >= 4 is 44.4 Å². The van der Waals surface area contributed by atoms with Crippen LogP contribution in [-0.4, -0.2) is 23.5 Å². The van der Waals surface area contributed by atoms with Gasteiger partial charge in [0, 0.05) is 0 Å². The number of hydrogen-bond acceptors (Lipinski definition) is 2. The molecular formula is C7H9LiS2. The fourth-order valence-corrected chi connectivity index (χ4v) is 2.44. The molecule has 0 aliphatic rings. The first-order chi connectivity index (χ1) is 4.83. The summed E-state index contributed by atoms with van der Waals surface area (Å²) in [7, 11) is 0. The standard InChI is InChI=1S/C7H9S2.Li/c1-2-8-6-7-4-3-5-9-7;/h3-4H,2,6H2,1H3;. The molecule has 1 aromatic heterocycles. The van der Waals surface area contributed by atoms with E-state index in [1.165, 1.54) is 19.9 Å². The third-order valence-corrected chi connectivity index (χ3v) is 3.35. The van der Waals surface area contributed by atoms with Crippen LogP contribution < -0.4 is 3.55 Å². The molecule has 1 aromatic rings. The summed E-state index contributed by atoms with van der Waals surface area (Å²) < 4.78 is 1.42. The van der Waals surface area contributed by atoms with E-state index in [4.69, 9.17) is 0 Å². The Morgan fingerprint density at radius 1 is 1.60 bits per heavy atom. The number of thioether (sulfide) groups is 1. The molecule has 0 unspecified atom stereocenters. The molecule has 1 heterocycles. The molecule has 3 heteroatoms. The summed E-state index contributed by atoms with van der Waals surface area (Å²) in [6.45, 7) is 2.20. The molecule has 0 saturated heterocycles. The Morgan fingerprint density at radius 2 is 2.40 bits per heavy atom. The Kier molecular flexibility index (Phi) is 3.94. The van der Waals surface area contributed by atoms with Crippen LogP contribution in [0.25, 0.3) is 0 Å². The van der Waals surface area contributed by atoms with Crippen LogP contribution >= 0.6 is 23.1 Å². The molecule has 0 aliphatic heterocycles. The van der Waals surface area contributed by atoms with Crippen molar-refractivity contribution in [3.05, 3.63) is 17.0 Å². The van der Waals surface area contributed by atoms with E-state index in [1.54, 1.807) is 0 Å². The van der Waals surface area contributed by atoms with E-state index in [1.807, 2.05) is 23.1 Å². The zero-order valence-electron chi connectivity index (χ0n) is 6.39. The summed E-state index contributed by atoms with van der Waals surface area (Å²) in [4.78, 5) is 1.50. The van der Waals surface area contributed by atoms with Gasteiger partial charge in [0.25, 0.3) is 0 Å². The molecule has 0 bridgehead atoms. The van der Waals surface area contributed by atoms with Gasteiger partial charge in [-0.25, -0.2) is 0 Å². The first-order valence-corrected chi connectivity index (χ1v) is 5.43. The molecule has 10 heavy (non-hydrogen) atoms. The van der Waals surface area contributed by atoms with Gasteiger partial charge < -0.3 is 0 Å². The maximum atomic E-state index is 2.22. The van der Waals surface area contributed by atoms with Crippen LogP contribution in [0.1, 0.15) is 11.8 Å². The summed E-state index contributed by atoms with van der Waals surface area (Å²) in [6.07, 6.45) is 0. The number of thiophene rings is 1. The molecule has 0 spiro atoms. The Balaban J connectivity index is 2.42. The normalized spacial score (nSPS) is 10.3. The Bertz CT molecular complexity index is 195. The minimum absolute atomic E-state index is 1.19. The third-order valence-electron chi connectivity index (χ3n) is 1.24. The SMILES string of the molecule is [Li][c]1ccc(CSCC)s1. The fourth-order valence-electron chi connectivity index (χ4n) is 0.765. The Labute approximate surface area is 79.6 Å². The zero-order chi connectivity index (χ0) is 7.40. The predicted molar refractivity (Wildman–Crippen MR) is 51.5 cm³/mol. The van der Waals surface area contributed by atoms with E-state index in [9.17, 15) is 0 Å². The molecule has 0 fully saturated rings. The van der Waals surface area contributed by atoms with Crippen LogP contribution in [-0.2, 0) is 5.75 Å². The summed E-state index contributed by atoms with van der Waals surface area (Å²) in [5.41, 5.74) is 0. The van der Waals surface area contributed by atoms with Crippen LogP contribution in [0.2, 0.25) is 0 Å². The summed E-state index contributed by atoms with van der Waals surface area (Å²) >= 11 is 6.05. The van der Waals surface area contributed by atoms with Crippen molar-refractivity contribution in [2.45, 2.75) is 12.7 Å². The molecule has 0 radical (unpaired) electrons. The molecule has 0 nitrogen and oxygen atoms in total. The van der Waals surface area contributed by atoms with E-state index in [0.29, 0.717) is 0 Å². The average molecular weight is 164 g/mol. The van der Waals surface area contributed by atoms with Gasteiger partial charge in [-0.2, -0.15) is 0 Å². The quantitative estimate of drug-likeness (QED) is 0.614. The van der Waals surface area contributed by atoms with Crippen molar-refractivity contribution < 1.29 is 0 Å². The zero-order valence-corrected chi connectivity index (χ0v) is 8.02. The van der Waals surface area contributed by atoms with Crippen molar-refractivity contribution in [2.24, 2.45) is 0 Å². The summed E-state index contributed by atoms with van der Waals surface area (Å²) in [5, 5.41) is 0. The molecule has 50 valence electrons. The third kappa shape index (κ3) is 2.72. The van der Waals surface area contributed by atoms with Gasteiger partial charge in [-0.3, -0.25) is 0 Å². The molecule has 0 aromatic carbocycles. The molecular weight excluding hydrogens is 155 g/mol. The van der Waals surface area contributed by atoms with Gasteiger partial charge in [0.05, 0.1) is 0 Å². The van der Waals surface area contributed by atoms with Crippen molar-refractivity contribution in [3.8, 4) is 0 Å². The van der Waals surface area contributed by atoms with Gasteiger partial charge in [-0.05, 0) is 0 Å². The van der Waals surface area contributed by atoms with Gasteiger partial charge in [-0.1, -0.05) is 0 Å². The van der Waals surface area contributed by atoms with Gasteiger partial charge in [0.1, 0.15) is 0 Å². The second kappa shape index (κ2) is 4.51. The summed E-state index contributed by atoms with van der Waals surface area (Å²) in [6, 6.07) is 4.42. The molecule has 0 saturated carbocycles. The van der Waals surface area contributed by atoms with Crippen molar-refractivity contribution in [3.63, 3.8) is 0 Å². The Morgan fingerprint density at radius 3 is 2.90 bits per heavy atom. The predicted octanol–water partition coefficient (Wildman–Crippen LogP) is 1.79.